The molecule has 1 aromatic heterocycles. The Kier molecular flexibility index (Phi) is 6.95. The molecule has 10 nitrogen and oxygen atoms in total. The average Bonchev–Trinajstić information content (AvgIpc) is 3.32. The third kappa shape index (κ3) is 5.14. The fourth-order valence-corrected chi connectivity index (χ4v) is 5.94. The maximum Gasteiger partial charge on any atom is 0.311 e. The first kappa shape index (κ1) is 24.0. The summed E-state index contributed by atoms with van der Waals surface area (Å²) in [7, 11) is 3.36. The third-order valence-electron chi connectivity index (χ3n) is 8.20. The molecular formula is C25H37N7O3. The predicted molar refractivity (Wildman–Crippen MR) is 136 cm³/mol. The zero-order valence-corrected chi connectivity index (χ0v) is 20.9. The Labute approximate surface area is 207 Å². The minimum Gasteiger partial charge on any atom is -0.490 e. The fourth-order valence-electron chi connectivity index (χ4n) is 5.94. The number of nitro groups is 1. The molecule has 3 aliphatic heterocycles. The van der Waals surface area contributed by atoms with Gasteiger partial charge >= 0.3 is 5.69 Å². The normalized spacial score (nSPS) is 21.4. The number of benzene rings is 1. The van der Waals surface area contributed by atoms with E-state index in [1.165, 1.54) is 33.0 Å². The van der Waals surface area contributed by atoms with Crippen LogP contribution in [0.1, 0.15) is 25.7 Å². The van der Waals surface area contributed by atoms with Gasteiger partial charge in [-0.1, -0.05) is 0 Å². The van der Waals surface area contributed by atoms with E-state index in [1.54, 1.807) is 16.9 Å². The van der Waals surface area contributed by atoms with Gasteiger partial charge in [-0.05, 0) is 44.2 Å². The number of anilines is 1. The summed E-state index contributed by atoms with van der Waals surface area (Å²) < 4.78 is 7.15. The third-order valence-corrected chi connectivity index (χ3v) is 8.20. The molecule has 1 N–H and O–H groups in total. The molecule has 35 heavy (non-hydrogen) atoms. The van der Waals surface area contributed by atoms with Gasteiger partial charge in [-0.3, -0.25) is 24.6 Å². The van der Waals surface area contributed by atoms with Crippen LogP contribution in [0.5, 0.6) is 5.75 Å². The van der Waals surface area contributed by atoms with Crippen molar-refractivity contribution in [1.82, 2.24) is 24.9 Å². The molecule has 1 spiro atoms. The van der Waals surface area contributed by atoms with Gasteiger partial charge < -0.3 is 15.0 Å². The maximum atomic E-state index is 11.7. The molecule has 10 heteroatoms. The van der Waals surface area contributed by atoms with Crippen LogP contribution in [-0.4, -0.2) is 90.6 Å². The van der Waals surface area contributed by atoms with Crippen LogP contribution in [0.15, 0.2) is 24.5 Å². The molecule has 3 aliphatic rings. The fraction of sp³-hybridized carbons (Fsp3) is 0.640. The quantitative estimate of drug-likeness (QED) is 0.495. The van der Waals surface area contributed by atoms with E-state index >= 15 is 0 Å². The Hall–Kier alpha value is -2.69. The Morgan fingerprint density at radius 2 is 1.71 bits per heavy atom. The van der Waals surface area contributed by atoms with Crippen LogP contribution in [0.3, 0.4) is 0 Å². The van der Waals surface area contributed by atoms with Crippen molar-refractivity contribution in [2.45, 2.75) is 25.7 Å². The molecule has 0 aliphatic carbocycles. The summed E-state index contributed by atoms with van der Waals surface area (Å²) in [4.78, 5) is 18.9. The summed E-state index contributed by atoms with van der Waals surface area (Å²) in [5, 5.41) is 19.4. The van der Waals surface area contributed by atoms with Crippen molar-refractivity contribution < 1.29 is 9.66 Å². The molecule has 4 heterocycles. The summed E-state index contributed by atoms with van der Waals surface area (Å²) in [6.07, 6.45) is 8.50. The number of nitrogens with one attached hydrogen (secondary N) is 1. The number of hydrogen-bond acceptors (Lipinski definition) is 8. The number of aromatic nitrogens is 2. The lowest BCUT2D eigenvalue weighted by atomic mass is 9.71. The first-order valence-corrected chi connectivity index (χ1v) is 12.7. The van der Waals surface area contributed by atoms with Crippen LogP contribution in [-0.2, 0) is 7.05 Å². The monoisotopic (exact) mass is 483 g/mol. The number of rotatable bonds is 6. The van der Waals surface area contributed by atoms with E-state index in [1.807, 2.05) is 19.3 Å². The van der Waals surface area contributed by atoms with Crippen LogP contribution in [0, 0.1) is 15.5 Å². The minimum absolute atomic E-state index is 0.0135. The van der Waals surface area contributed by atoms with Gasteiger partial charge in [0.05, 0.1) is 24.9 Å². The summed E-state index contributed by atoms with van der Waals surface area (Å²) in [5.41, 5.74) is 3.12. The van der Waals surface area contributed by atoms with Gasteiger partial charge in [-0.25, -0.2) is 0 Å². The van der Waals surface area contributed by atoms with E-state index in [0.29, 0.717) is 11.2 Å². The van der Waals surface area contributed by atoms with Gasteiger partial charge in [0.1, 0.15) is 0 Å². The van der Waals surface area contributed by atoms with E-state index in [0.717, 1.165) is 75.6 Å². The highest BCUT2D eigenvalue weighted by Crippen LogP contribution is 2.45. The van der Waals surface area contributed by atoms with Gasteiger partial charge in [0, 0.05) is 81.5 Å². The van der Waals surface area contributed by atoms with Gasteiger partial charge in [-0.2, -0.15) is 5.10 Å². The summed E-state index contributed by atoms with van der Waals surface area (Å²) in [6, 6.07) is 3.48. The van der Waals surface area contributed by atoms with Crippen molar-refractivity contribution >= 4 is 11.4 Å². The van der Waals surface area contributed by atoms with Gasteiger partial charge in [0.25, 0.3) is 0 Å². The van der Waals surface area contributed by atoms with Crippen molar-refractivity contribution in [3.63, 3.8) is 0 Å². The number of nitrogens with zero attached hydrogens (tertiary/aromatic N) is 6. The Balaban J connectivity index is 1.29. The summed E-state index contributed by atoms with van der Waals surface area (Å²) in [5.74, 6) is 0.305. The van der Waals surface area contributed by atoms with E-state index in [-0.39, 0.29) is 10.6 Å². The van der Waals surface area contributed by atoms with Crippen molar-refractivity contribution in [3.8, 4) is 16.9 Å². The number of ether oxygens (including phenoxy) is 1. The standard InChI is InChI=1S/C25H37N7O3/c1-28-18-20(17-27-28)21-15-23(32(33)34)24(35-2)16-22(21)31-11-5-25(6-12-31)3-9-29(10-4-25)19-30-13-7-26-8-14-30/h15-18,26H,3-14,19H2,1-2H3. The first-order chi connectivity index (χ1) is 17.0. The van der Waals surface area contributed by atoms with Crippen LogP contribution in [0.2, 0.25) is 0 Å². The number of piperazine rings is 1. The molecule has 0 amide bonds. The highest BCUT2D eigenvalue weighted by molar-refractivity contribution is 5.82. The highest BCUT2D eigenvalue weighted by atomic mass is 16.6. The van der Waals surface area contributed by atoms with Crippen LogP contribution >= 0.6 is 0 Å². The molecule has 0 unspecified atom stereocenters. The molecule has 0 saturated carbocycles. The zero-order chi connectivity index (χ0) is 24.4. The van der Waals surface area contributed by atoms with E-state index < -0.39 is 0 Å². The molecular weight excluding hydrogens is 446 g/mol. The van der Waals surface area contributed by atoms with Crippen LogP contribution in [0.25, 0.3) is 11.1 Å². The molecule has 2 aromatic rings. The predicted octanol–water partition coefficient (Wildman–Crippen LogP) is 2.55. The average molecular weight is 484 g/mol. The topological polar surface area (TPSA) is 91.9 Å². The number of aryl methyl sites for hydroxylation is 1. The molecule has 3 fully saturated rings. The number of likely N-dealkylation sites (tertiary alicyclic amines) is 1. The number of methoxy groups -OCH3 is 1. The zero-order valence-electron chi connectivity index (χ0n) is 20.9. The second-order valence-corrected chi connectivity index (χ2v) is 10.3. The molecule has 0 atom stereocenters. The molecule has 1 aromatic carbocycles. The molecule has 190 valence electrons. The first-order valence-electron chi connectivity index (χ1n) is 12.7. The SMILES string of the molecule is COc1cc(N2CCC3(CCN(CN4CCNCC4)CC3)CC2)c(-c2cnn(C)c2)cc1[N+](=O)[O-]. The second kappa shape index (κ2) is 10.1. The Morgan fingerprint density at radius 3 is 2.31 bits per heavy atom. The second-order valence-electron chi connectivity index (χ2n) is 10.3. The molecule has 0 radical (unpaired) electrons. The number of piperidine rings is 2. The largest absolute Gasteiger partial charge is 0.490 e. The van der Waals surface area contributed by atoms with Crippen LogP contribution in [0.4, 0.5) is 11.4 Å². The van der Waals surface area contributed by atoms with E-state index in [4.69, 9.17) is 4.74 Å². The van der Waals surface area contributed by atoms with E-state index in [9.17, 15) is 10.1 Å². The molecule has 0 bridgehead atoms. The van der Waals surface area contributed by atoms with Gasteiger partial charge in [0.15, 0.2) is 5.75 Å². The lowest BCUT2D eigenvalue weighted by Crippen LogP contribution is -2.52. The van der Waals surface area contributed by atoms with Crippen molar-refractivity contribution in [2.75, 3.05) is 71.0 Å². The Bertz CT molecular complexity index is 1030. The van der Waals surface area contributed by atoms with Gasteiger partial charge in [0.2, 0.25) is 0 Å². The number of nitro benzene ring substituents is 1. The lowest BCUT2D eigenvalue weighted by molar-refractivity contribution is -0.385. The minimum atomic E-state index is -0.373. The van der Waals surface area contributed by atoms with Crippen LogP contribution < -0.4 is 15.0 Å². The lowest BCUT2D eigenvalue weighted by Gasteiger charge is -2.48. The summed E-state index contributed by atoms with van der Waals surface area (Å²) >= 11 is 0. The molecule has 5 rings (SSSR count). The Morgan fingerprint density at radius 1 is 1.06 bits per heavy atom. The highest BCUT2D eigenvalue weighted by Gasteiger charge is 2.38. The number of hydrogen-bond donors (Lipinski definition) is 1. The van der Waals surface area contributed by atoms with Crippen molar-refractivity contribution in [3.05, 3.63) is 34.6 Å². The van der Waals surface area contributed by atoms with Crippen molar-refractivity contribution in [1.29, 1.82) is 0 Å². The van der Waals surface area contributed by atoms with Gasteiger partial charge in [-0.15, -0.1) is 0 Å². The van der Waals surface area contributed by atoms with E-state index in [2.05, 4.69) is 25.1 Å². The smallest absolute Gasteiger partial charge is 0.311 e. The summed E-state index contributed by atoms with van der Waals surface area (Å²) in [6.45, 7) is 9.85. The maximum absolute atomic E-state index is 11.7. The van der Waals surface area contributed by atoms with Crippen molar-refractivity contribution in [2.24, 2.45) is 12.5 Å². The molecule has 3 saturated heterocycles.